The standard InChI is InChI=1S/C23H23F3N4O4S/c1-12-6-7-15(16(9-12)34-14-5-4-8-30(10-14)22(32)23(24,25)26)29-19-17-13(2)18(21(31)33-3)35-20(17)28-11-27-19/h6-7,9,11,14H,4-5,8,10H2,1-3H3,(H,27,28,29). The highest BCUT2D eigenvalue weighted by Crippen LogP contribution is 2.37. The number of nitrogens with zero attached hydrogens (tertiary/aromatic N) is 3. The average molecular weight is 509 g/mol. The minimum Gasteiger partial charge on any atom is -0.486 e. The quantitative estimate of drug-likeness (QED) is 0.496. The van der Waals surface area contributed by atoms with E-state index in [-0.39, 0.29) is 13.1 Å². The van der Waals surface area contributed by atoms with Crippen LogP contribution in [0.3, 0.4) is 0 Å². The van der Waals surface area contributed by atoms with Gasteiger partial charge in [0, 0.05) is 6.54 Å². The molecule has 0 spiro atoms. The van der Waals surface area contributed by atoms with E-state index in [0.29, 0.717) is 50.8 Å². The van der Waals surface area contributed by atoms with Gasteiger partial charge in [-0.05, 0) is 49.9 Å². The predicted octanol–water partition coefficient (Wildman–Crippen LogP) is 4.77. The van der Waals surface area contributed by atoms with Gasteiger partial charge in [0.05, 0.1) is 24.7 Å². The summed E-state index contributed by atoms with van der Waals surface area (Å²) >= 11 is 1.20. The highest BCUT2D eigenvalue weighted by atomic mass is 32.1. The molecule has 3 aromatic rings. The van der Waals surface area contributed by atoms with E-state index in [2.05, 4.69) is 15.3 Å². The summed E-state index contributed by atoms with van der Waals surface area (Å²) in [5.41, 5.74) is 2.10. The van der Waals surface area contributed by atoms with Crippen LogP contribution in [0, 0.1) is 13.8 Å². The number of thiophene rings is 1. The number of rotatable bonds is 5. The second kappa shape index (κ2) is 9.68. The van der Waals surface area contributed by atoms with Crippen LogP contribution in [0.25, 0.3) is 10.2 Å². The molecule has 1 aromatic carbocycles. The Morgan fingerprint density at radius 1 is 1.23 bits per heavy atom. The lowest BCUT2D eigenvalue weighted by Gasteiger charge is -2.33. The summed E-state index contributed by atoms with van der Waals surface area (Å²) in [5.74, 6) is -1.45. The topological polar surface area (TPSA) is 93.7 Å². The third-order valence-electron chi connectivity index (χ3n) is 5.69. The van der Waals surface area contributed by atoms with E-state index in [1.165, 1.54) is 24.8 Å². The maximum absolute atomic E-state index is 12.9. The molecule has 2 aromatic heterocycles. The van der Waals surface area contributed by atoms with E-state index in [1.54, 1.807) is 19.1 Å². The average Bonchev–Trinajstić information content (AvgIpc) is 3.16. The van der Waals surface area contributed by atoms with E-state index in [4.69, 9.17) is 9.47 Å². The predicted molar refractivity (Wildman–Crippen MR) is 124 cm³/mol. The number of piperidine rings is 1. The Balaban J connectivity index is 1.62. The summed E-state index contributed by atoms with van der Waals surface area (Å²) in [6.07, 6.45) is -3.23. The van der Waals surface area contributed by atoms with E-state index < -0.39 is 24.2 Å². The van der Waals surface area contributed by atoms with Gasteiger partial charge in [-0.3, -0.25) is 4.79 Å². The Bertz CT molecular complexity index is 1280. The minimum absolute atomic E-state index is 0.0377. The summed E-state index contributed by atoms with van der Waals surface area (Å²) < 4.78 is 49.6. The van der Waals surface area contributed by atoms with Crippen LogP contribution in [0.2, 0.25) is 0 Å². The van der Waals surface area contributed by atoms with Crippen molar-refractivity contribution < 1.29 is 32.2 Å². The van der Waals surface area contributed by atoms with E-state index in [9.17, 15) is 22.8 Å². The van der Waals surface area contributed by atoms with Gasteiger partial charge >= 0.3 is 18.1 Å². The van der Waals surface area contributed by atoms with Gasteiger partial charge in [-0.25, -0.2) is 14.8 Å². The second-order valence-electron chi connectivity index (χ2n) is 8.21. The Morgan fingerprint density at radius 2 is 2.00 bits per heavy atom. The molecule has 1 N–H and O–H groups in total. The first-order valence-electron chi connectivity index (χ1n) is 10.8. The van der Waals surface area contributed by atoms with E-state index in [0.717, 1.165) is 10.5 Å². The summed E-state index contributed by atoms with van der Waals surface area (Å²) in [4.78, 5) is 34.2. The number of fused-ring (bicyclic) bond motifs is 1. The maximum Gasteiger partial charge on any atom is 0.471 e. The van der Waals surface area contributed by atoms with Crippen molar-refractivity contribution in [3.05, 3.63) is 40.5 Å². The molecule has 12 heteroatoms. The lowest BCUT2D eigenvalue weighted by atomic mass is 10.1. The zero-order valence-electron chi connectivity index (χ0n) is 19.2. The number of carbonyl (C=O) groups excluding carboxylic acids is 2. The van der Waals surface area contributed by atoms with Crippen molar-refractivity contribution in [1.82, 2.24) is 14.9 Å². The second-order valence-corrected chi connectivity index (χ2v) is 9.20. The number of anilines is 2. The number of halogens is 3. The van der Waals surface area contributed by atoms with Crippen LogP contribution in [0.5, 0.6) is 5.75 Å². The molecule has 1 aliphatic heterocycles. The van der Waals surface area contributed by atoms with Crippen molar-refractivity contribution in [2.45, 2.75) is 39.0 Å². The normalized spacial score (nSPS) is 16.3. The molecule has 8 nitrogen and oxygen atoms in total. The Hall–Kier alpha value is -3.41. The van der Waals surface area contributed by atoms with E-state index in [1.807, 2.05) is 13.0 Å². The van der Waals surface area contributed by atoms with Crippen molar-refractivity contribution in [2.24, 2.45) is 0 Å². The lowest BCUT2D eigenvalue weighted by Crippen LogP contribution is -2.49. The third kappa shape index (κ3) is 5.16. The molecule has 1 atom stereocenters. The van der Waals surface area contributed by atoms with Gasteiger partial charge in [-0.1, -0.05) is 6.07 Å². The highest BCUT2D eigenvalue weighted by molar-refractivity contribution is 7.20. The number of amides is 1. The Kier molecular flexibility index (Phi) is 6.84. The first kappa shape index (κ1) is 24.7. The number of aromatic nitrogens is 2. The fourth-order valence-corrected chi connectivity index (χ4v) is 5.06. The lowest BCUT2D eigenvalue weighted by molar-refractivity contribution is -0.187. The third-order valence-corrected chi connectivity index (χ3v) is 6.87. The van der Waals surface area contributed by atoms with Crippen molar-refractivity contribution in [2.75, 3.05) is 25.5 Å². The van der Waals surface area contributed by atoms with Gasteiger partial charge in [0.15, 0.2) is 0 Å². The molecule has 1 saturated heterocycles. The zero-order valence-corrected chi connectivity index (χ0v) is 20.0. The van der Waals surface area contributed by atoms with Crippen molar-refractivity contribution in [3.63, 3.8) is 0 Å². The molecule has 1 unspecified atom stereocenters. The molecule has 3 heterocycles. The molecule has 0 radical (unpaired) electrons. The molecule has 0 aliphatic carbocycles. The number of hydrogen-bond donors (Lipinski definition) is 1. The van der Waals surface area contributed by atoms with Gasteiger partial charge in [0.2, 0.25) is 0 Å². The van der Waals surface area contributed by atoms with Crippen LogP contribution in [-0.4, -0.2) is 59.2 Å². The number of benzene rings is 1. The molecule has 0 bridgehead atoms. The number of likely N-dealkylation sites (tertiary alicyclic amines) is 1. The van der Waals surface area contributed by atoms with Gasteiger partial charge < -0.3 is 19.7 Å². The summed E-state index contributed by atoms with van der Waals surface area (Å²) in [6.45, 7) is 3.53. The van der Waals surface area contributed by atoms with E-state index >= 15 is 0 Å². The molecular weight excluding hydrogens is 485 g/mol. The number of alkyl halides is 3. The van der Waals surface area contributed by atoms with Crippen molar-refractivity contribution in [3.8, 4) is 5.75 Å². The van der Waals surface area contributed by atoms with Crippen LogP contribution in [-0.2, 0) is 9.53 Å². The smallest absolute Gasteiger partial charge is 0.471 e. The summed E-state index contributed by atoms with van der Waals surface area (Å²) in [5, 5.41) is 3.88. The Morgan fingerprint density at radius 3 is 2.71 bits per heavy atom. The molecule has 1 fully saturated rings. The van der Waals surface area contributed by atoms with Gasteiger partial charge in [0.1, 0.15) is 33.7 Å². The number of ether oxygens (including phenoxy) is 2. The number of hydrogen-bond acceptors (Lipinski definition) is 8. The molecule has 1 aliphatic rings. The number of esters is 1. The largest absolute Gasteiger partial charge is 0.486 e. The van der Waals surface area contributed by atoms with Crippen molar-refractivity contribution in [1.29, 1.82) is 0 Å². The van der Waals surface area contributed by atoms with Crippen LogP contribution in [0.1, 0.15) is 33.6 Å². The van der Waals surface area contributed by atoms with Gasteiger partial charge in [-0.15, -0.1) is 11.3 Å². The Labute approximate surface area is 203 Å². The van der Waals surface area contributed by atoms with Gasteiger partial charge in [0.25, 0.3) is 0 Å². The molecule has 186 valence electrons. The monoisotopic (exact) mass is 508 g/mol. The molecule has 0 saturated carbocycles. The van der Waals surface area contributed by atoms with Crippen LogP contribution < -0.4 is 10.1 Å². The maximum atomic E-state index is 12.9. The van der Waals surface area contributed by atoms with Crippen molar-refractivity contribution >= 4 is 44.9 Å². The van der Waals surface area contributed by atoms with Crippen LogP contribution in [0.4, 0.5) is 24.7 Å². The van der Waals surface area contributed by atoms with Crippen LogP contribution in [0.15, 0.2) is 24.5 Å². The molecule has 4 rings (SSSR count). The minimum atomic E-state index is -4.92. The van der Waals surface area contributed by atoms with Crippen LogP contribution >= 0.6 is 11.3 Å². The first-order valence-corrected chi connectivity index (χ1v) is 11.6. The first-order chi connectivity index (χ1) is 16.6. The molecule has 1 amide bonds. The summed E-state index contributed by atoms with van der Waals surface area (Å²) in [7, 11) is 1.31. The number of nitrogens with one attached hydrogen (secondary N) is 1. The number of carbonyl (C=O) groups is 2. The fourth-order valence-electron chi connectivity index (χ4n) is 3.99. The van der Waals surface area contributed by atoms with Gasteiger partial charge in [-0.2, -0.15) is 13.2 Å². The zero-order chi connectivity index (χ0) is 25.3. The highest BCUT2D eigenvalue weighted by Gasteiger charge is 2.44. The number of methoxy groups -OCH3 is 1. The SMILES string of the molecule is COC(=O)c1sc2ncnc(Nc3ccc(C)cc3OC3CCCN(C(=O)C(F)(F)F)C3)c2c1C. The molecular formula is C23H23F3N4O4S. The number of aryl methyl sites for hydroxylation is 2. The summed E-state index contributed by atoms with van der Waals surface area (Å²) in [6, 6.07) is 5.41. The fraction of sp³-hybridized carbons (Fsp3) is 0.391. The molecule has 35 heavy (non-hydrogen) atoms.